The maximum atomic E-state index is 14.2. The minimum absolute atomic E-state index is 0.0166. The standard InChI is InChI=1S/C32H37N5O5S/c1-6-11-29(38)37(26-14-10-17-34-19-26,30(21(2)3)31(33)39)20-24-15-16-27(25-12-8-7-9-13-25)28(18-24)43(40,41)36-32-22(4)23(5)35-42-32/h7-10,12-19,21,30H,6,11,20H2,1-5H3,(H2-,33,35,36,39)/p+1/t30-,37?/m0/s1. The van der Waals surface area contributed by atoms with E-state index in [4.69, 9.17) is 10.3 Å². The molecule has 0 saturated carbocycles. The first-order valence-corrected chi connectivity index (χ1v) is 15.7. The third-order valence-electron chi connectivity index (χ3n) is 7.65. The minimum Gasteiger partial charge on any atom is -0.364 e. The first-order chi connectivity index (χ1) is 20.4. The second-order valence-electron chi connectivity index (χ2n) is 11.0. The molecular formula is C32H38N5O5S+. The van der Waals surface area contributed by atoms with Crippen LogP contribution in [-0.2, 0) is 26.2 Å². The van der Waals surface area contributed by atoms with E-state index in [0.29, 0.717) is 40.1 Å². The quantitative estimate of drug-likeness (QED) is 0.203. The van der Waals surface area contributed by atoms with Gasteiger partial charge in [0.2, 0.25) is 5.88 Å². The van der Waals surface area contributed by atoms with E-state index < -0.39 is 26.5 Å². The Kier molecular flexibility index (Phi) is 9.46. The second-order valence-corrected chi connectivity index (χ2v) is 12.6. The van der Waals surface area contributed by atoms with Crippen molar-refractivity contribution in [1.29, 1.82) is 0 Å². The summed E-state index contributed by atoms with van der Waals surface area (Å²) in [4.78, 5) is 31.5. The van der Waals surface area contributed by atoms with Crippen LogP contribution in [0.1, 0.15) is 50.4 Å². The molecule has 2 heterocycles. The Balaban J connectivity index is 1.96. The molecule has 2 atom stereocenters. The number of amides is 2. The number of nitrogens with one attached hydrogen (secondary N) is 1. The Bertz CT molecular complexity index is 1700. The van der Waals surface area contributed by atoms with Crippen molar-refractivity contribution in [3.63, 3.8) is 0 Å². The molecular weight excluding hydrogens is 566 g/mol. The van der Waals surface area contributed by atoms with Gasteiger partial charge in [0.25, 0.3) is 15.9 Å². The van der Waals surface area contributed by atoms with Gasteiger partial charge in [0.1, 0.15) is 6.54 Å². The summed E-state index contributed by atoms with van der Waals surface area (Å²) in [5, 5.41) is 3.87. The monoisotopic (exact) mass is 604 g/mol. The third kappa shape index (κ3) is 6.37. The number of primary amides is 1. The van der Waals surface area contributed by atoms with Crippen molar-refractivity contribution < 1.29 is 22.5 Å². The summed E-state index contributed by atoms with van der Waals surface area (Å²) in [7, 11) is -4.21. The van der Waals surface area contributed by atoms with Gasteiger partial charge >= 0.3 is 5.91 Å². The van der Waals surface area contributed by atoms with E-state index >= 15 is 0 Å². The van der Waals surface area contributed by atoms with E-state index in [1.807, 2.05) is 51.1 Å². The van der Waals surface area contributed by atoms with E-state index in [0.717, 1.165) is 0 Å². The van der Waals surface area contributed by atoms with Gasteiger partial charge in [-0.1, -0.05) is 68.4 Å². The van der Waals surface area contributed by atoms with Crippen LogP contribution in [0.5, 0.6) is 0 Å². The number of benzene rings is 2. The number of anilines is 1. The highest BCUT2D eigenvalue weighted by atomic mass is 32.2. The van der Waals surface area contributed by atoms with Crippen LogP contribution in [-0.4, -0.2) is 36.4 Å². The lowest BCUT2D eigenvalue weighted by Gasteiger charge is -2.42. The normalized spacial score (nSPS) is 13.8. The Morgan fingerprint density at radius 1 is 1.05 bits per heavy atom. The van der Waals surface area contributed by atoms with Gasteiger partial charge < -0.3 is 10.3 Å². The van der Waals surface area contributed by atoms with Crippen LogP contribution in [0, 0.1) is 19.8 Å². The predicted octanol–water partition coefficient (Wildman–Crippen LogP) is 5.50. The molecule has 0 aliphatic heterocycles. The average Bonchev–Trinajstić information content (AvgIpc) is 3.29. The van der Waals surface area contributed by atoms with Gasteiger partial charge in [-0.15, -0.1) is 0 Å². The van der Waals surface area contributed by atoms with Crippen molar-refractivity contribution in [3.8, 4) is 11.1 Å². The Labute approximate surface area is 252 Å². The van der Waals surface area contributed by atoms with Crippen LogP contribution in [0.25, 0.3) is 11.1 Å². The summed E-state index contributed by atoms with van der Waals surface area (Å²) in [5.41, 5.74) is 9.30. The Hall–Kier alpha value is -4.35. The second kappa shape index (κ2) is 12.9. The fourth-order valence-electron chi connectivity index (χ4n) is 5.51. The van der Waals surface area contributed by atoms with E-state index in [9.17, 15) is 18.0 Å². The van der Waals surface area contributed by atoms with Crippen LogP contribution in [0.2, 0.25) is 0 Å². The van der Waals surface area contributed by atoms with E-state index in [1.165, 1.54) is 0 Å². The first-order valence-electron chi connectivity index (χ1n) is 14.2. The molecule has 0 radical (unpaired) electrons. The number of aromatic nitrogens is 2. The van der Waals surface area contributed by atoms with Crippen molar-refractivity contribution in [2.45, 2.75) is 64.9 Å². The predicted molar refractivity (Wildman–Crippen MR) is 166 cm³/mol. The molecule has 3 N–H and O–H groups in total. The first kappa shape index (κ1) is 31.6. The molecule has 10 nitrogen and oxygen atoms in total. The zero-order valence-electron chi connectivity index (χ0n) is 25.1. The number of sulfonamides is 1. The smallest absolute Gasteiger partial charge is 0.319 e. The number of hydrogen-bond acceptors (Lipinski definition) is 7. The molecule has 2 aromatic carbocycles. The van der Waals surface area contributed by atoms with Gasteiger partial charge in [-0.3, -0.25) is 9.78 Å². The van der Waals surface area contributed by atoms with Crippen molar-refractivity contribution >= 4 is 33.4 Å². The molecule has 4 rings (SSSR count). The van der Waals surface area contributed by atoms with Crippen LogP contribution in [0.3, 0.4) is 0 Å². The number of nitrogens with zero attached hydrogens (tertiary/aromatic N) is 3. The Morgan fingerprint density at radius 2 is 1.77 bits per heavy atom. The van der Waals surface area contributed by atoms with Crippen molar-refractivity contribution in [2.75, 3.05) is 4.72 Å². The lowest BCUT2D eigenvalue weighted by Crippen LogP contribution is -2.66. The lowest BCUT2D eigenvalue weighted by molar-refractivity contribution is -0.140. The number of carbonyl (C=O) groups excluding carboxylic acids is 2. The Morgan fingerprint density at radius 3 is 2.33 bits per heavy atom. The molecule has 43 heavy (non-hydrogen) atoms. The van der Waals surface area contributed by atoms with Crippen LogP contribution < -0.4 is 14.9 Å². The number of hydrogen-bond donors (Lipinski definition) is 2. The molecule has 2 amide bonds. The van der Waals surface area contributed by atoms with Gasteiger partial charge in [0, 0.05) is 34.9 Å². The molecule has 0 fully saturated rings. The summed E-state index contributed by atoms with van der Waals surface area (Å²) in [5.74, 6) is -1.14. The topological polar surface area (TPSA) is 145 Å². The molecule has 0 aliphatic carbocycles. The third-order valence-corrected chi connectivity index (χ3v) is 9.02. The number of carbonyl (C=O) groups is 2. The molecule has 11 heteroatoms. The number of rotatable bonds is 12. The van der Waals surface area contributed by atoms with Crippen LogP contribution in [0.4, 0.5) is 11.6 Å². The van der Waals surface area contributed by atoms with Gasteiger partial charge in [-0.2, -0.15) is 0 Å². The molecule has 1 unspecified atom stereocenters. The highest BCUT2D eigenvalue weighted by molar-refractivity contribution is 7.92. The fourth-order valence-corrected chi connectivity index (χ4v) is 6.84. The zero-order valence-corrected chi connectivity index (χ0v) is 25.9. The fraction of sp³-hybridized carbons (Fsp3) is 0.312. The zero-order chi connectivity index (χ0) is 31.4. The summed E-state index contributed by atoms with van der Waals surface area (Å²) in [6.45, 7) is 9.00. The van der Waals surface area contributed by atoms with Gasteiger partial charge in [-0.05, 0) is 38.0 Å². The van der Waals surface area contributed by atoms with Gasteiger partial charge in [0.15, 0.2) is 11.7 Å². The SMILES string of the molecule is CCCC(=O)[N+](Cc1ccc(-c2ccccc2)c(S(=O)(=O)Nc2onc(C)c2C)c1)(c1cccnc1)[C@H](C(N)=O)C(C)C. The van der Waals surface area contributed by atoms with Gasteiger partial charge in [-0.25, -0.2) is 22.4 Å². The van der Waals surface area contributed by atoms with Gasteiger partial charge in [0.05, 0.1) is 23.2 Å². The summed E-state index contributed by atoms with van der Waals surface area (Å²) in [6, 6.07) is 16.7. The van der Waals surface area contributed by atoms with Crippen LogP contribution >= 0.6 is 0 Å². The molecule has 2 aromatic heterocycles. The maximum Gasteiger partial charge on any atom is 0.319 e. The molecule has 0 aliphatic rings. The van der Waals surface area contributed by atoms with Crippen molar-refractivity contribution in [1.82, 2.24) is 14.6 Å². The van der Waals surface area contributed by atoms with E-state index in [-0.39, 0.29) is 35.6 Å². The summed E-state index contributed by atoms with van der Waals surface area (Å²) < 4.78 is 35.3. The van der Waals surface area contributed by atoms with Crippen LogP contribution in [0.15, 0.2) is 82.5 Å². The summed E-state index contributed by atoms with van der Waals surface area (Å²) in [6.07, 6.45) is 3.90. The number of aryl methyl sites for hydroxylation is 1. The minimum atomic E-state index is -4.21. The molecule has 4 aromatic rings. The lowest BCUT2D eigenvalue weighted by atomic mass is 9.94. The van der Waals surface area contributed by atoms with Crippen molar-refractivity contribution in [2.24, 2.45) is 11.7 Å². The number of nitrogens with two attached hydrogens (primary N) is 1. The molecule has 0 bridgehead atoms. The highest BCUT2D eigenvalue weighted by Crippen LogP contribution is 2.37. The van der Waals surface area contributed by atoms with Crippen molar-refractivity contribution in [3.05, 3.63) is 89.9 Å². The number of pyridine rings is 1. The molecule has 0 saturated heterocycles. The maximum absolute atomic E-state index is 14.2. The number of quaternary nitrogens is 1. The molecule has 0 spiro atoms. The average molecular weight is 605 g/mol. The van der Waals surface area contributed by atoms with E-state index in [1.54, 1.807) is 56.6 Å². The highest BCUT2D eigenvalue weighted by Gasteiger charge is 2.50. The summed E-state index contributed by atoms with van der Waals surface area (Å²) >= 11 is 0. The van der Waals surface area contributed by atoms with E-state index in [2.05, 4.69) is 14.9 Å². The largest absolute Gasteiger partial charge is 0.364 e. The molecule has 226 valence electrons.